The van der Waals surface area contributed by atoms with Crippen molar-refractivity contribution in [1.29, 1.82) is 0 Å². The first kappa shape index (κ1) is 24.7. The van der Waals surface area contributed by atoms with E-state index in [1.807, 2.05) is 98.8 Å². The van der Waals surface area contributed by atoms with Crippen molar-refractivity contribution >= 4 is 16.9 Å². The predicted molar refractivity (Wildman–Crippen MR) is 147 cm³/mol. The largest absolute Gasteiger partial charge is 0.507 e. The molecule has 0 fully saturated rings. The minimum absolute atomic E-state index is 0.0933. The molecule has 0 aromatic heterocycles. The highest BCUT2D eigenvalue weighted by atomic mass is 16.3. The molecule has 0 aliphatic carbocycles. The SMILES string of the molecule is CCC(C(=O)C(CC)=C(c1ccccc1)c1ccccc1O)=C(c1ccccc1)c1ccccc1O. The molecule has 4 aromatic carbocycles. The van der Waals surface area contributed by atoms with Crippen LogP contribution in [0, 0.1) is 0 Å². The number of carbonyl (C=O) groups excluding carboxylic acids is 1. The summed E-state index contributed by atoms with van der Waals surface area (Å²) in [4.78, 5) is 14.4. The van der Waals surface area contributed by atoms with E-state index < -0.39 is 0 Å². The first-order valence-corrected chi connectivity index (χ1v) is 12.2. The Hall–Kier alpha value is -4.37. The van der Waals surface area contributed by atoms with Crippen molar-refractivity contribution in [1.82, 2.24) is 0 Å². The second kappa shape index (κ2) is 11.4. The highest BCUT2D eigenvalue weighted by molar-refractivity contribution is 6.19. The van der Waals surface area contributed by atoms with Crippen molar-refractivity contribution in [3.63, 3.8) is 0 Å². The van der Waals surface area contributed by atoms with Crippen LogP contribution >= 0.6 is 0 Å². The van der Waals surface area contributed by atoms with Gasteiger partial charge >= 0.3 is 0 Å². The first-order chi connectivity index (χ1) is 17.6. The maximum Gasteiger partial charge on any atom is 0.186 e. The molecule has 0 heterocycles. The first-order valence-electron chi connectivity index (χ1n) is 12.2. The number of rotatable bonds is 8. The van der Waals surface area contributed by atoms with Gasteiger partial charge in [0.2, 0.25) is 0 Å². The van der Waals surface area contributed by atoms with E-state index in [1.54, 1.807) is 24.3 Å². The Morgan fingerprint density at radius 3 is 1.19 bits per heavy atom. The summed E-state index contributed by atoms with van der Waals surface area (Å²) < 4.78 is 0. The van der Waals surface area contributed by atoms with Crippen molar-refractivity contribution in [2.24, 2.45) is 0 Å². The molecule has 0 bridgehead atoms. The molecule has 180 valence electrons. The maximum absolute atomic E-state index is 14.4. The molecule has 0 amide bonds. The van der Waals surface area contributed by atoms with Gasteiger partial charge in [-0.25, -0.2) is 0 Å². The molecule has 0 spiro atoms. The van der Waals surface area contributed by atoms with Gasteiger partial charge in [-0.3, -0.25) is 4.79 Å². The van der Waals surface area contributed by atoms with Crippen LogP contribution in [0.4, 0.5) is 0 Å². The third kappa shape index (κ3) is 5.01. The Morgan fingerprint density at radius 2 is 0.861 bits per heavy atom. The van der Waals surface area contributed by atoms with Crippen LogP contribution < -0.4 is 0 Å². The van der Waals surface area contributed by atoms with Gasteiger partial charge in [-0.15, -0.1) is 0 Å². The Balaban J connectivity index is 2.05. The summed E-state index contributed by atoms with van der Waals surface area (Å²) in [7, 11) is 0. The van der Waals surface area contributed by atoms with Gasteiger partial charge < -0.3 is 10.2 Å². The van der Waals surface area contributed by atoms with Crippen LogP contribution in [-0.4, -0.2) is 16.0 Å². The molecule has 0 saturated heterocycles. The smallest absolute Gasteiger partial charge is 0.186 e. The highest BCUT2D eigenvalue weighted by Crippen LogP contribution is 2.39. The summed E-state index contributed by atoms with van der Waals surface area (Å²) >= 11 is 0. The van der Waals surface area contributed by atoms with E-state index >= 15 is 0 Å². The number of aromatic hydroxyl groups is 2. The second-order valence-electron chi connectivity index (χ2n) is 8.51. The zero-order valence-electron chi connectivity index (χ0n) is 20.6. The van der Waals surface area contributed by atoms with Crippen molar-refractivity contribution < 1.29 is 15.0 Å². The van der Waals surface area contributed by atoms with Crippen LogP contribution in [0.2, 0.25) is 0 Å². The summed E-state index contributed by atoms with van der Waals surface area (Å²) in [5.41, 5.74) is 5.63. The number of ketones is 1. The van der Waals surface area contributed by atoms with E-state index in [4.69, 9.17) is 0 Å². The lowest BCUT2D eigenvalue weighted by molar-refractivity contribution is -0.112. The minimum Gasteiger partial charge on any atom is -0.507 e. The summed E-state index contributed by atoms with van der Waals surface area (Å²) in [6, 6.07) is 33.7. The normalized spacial score (nSPS) is 12.5. The third-order valence-corrected chi connectivity index (χ3v) is 6.33. The molecule has 0 atom stereocenters. The van der Waals surface area contributed by atoms with Gasteiger partial charge in [-0.05, 0) is 47.2 Å². The Labute approximate surface area is 212 Å². The number of hydrogen-bond acceptors (Lipinski definition) is 3. The molecule has 4 rings (SSSR count). The fourth-order valence-electron chi connectivity index (χ4n) is 4.65. The van der Waals surface area contributed by atoms with E-state index in [9.17, 15) is 15.0 Å². The summed E-state index contributed by atoms with van der Waals surface area (Å²) in [6.07, 6.45) is 0.952. The summed E-state index contributed by atoms with van der Waals surface area (Å²) in [6.45, 7) is 3.93. The zero-order chi connectivity index (χ0) is 25.5. The number of carbonyl (C=O) groups is 1. The van der Waals surface area contributed by atoms with Gasteiger partial charge in [0.15, 0.2) is 5.78 Å². The Kier molecular flexibility index (Phi) is 7.82. The molecule has 3 heteroatoms. The molecule has 2 N–H and O–H groups in total. The molecule has 36 heavy (non-hydrogen) atoms. The maximum atomic E-state index is 14.4. The van der Waals surface area contributed by atoms with Crippen molar-refractivity contribution in [3.05, 3.63) is 143 Å². The second-order valence-corrected chi connectivity index (χ2v) is 8.51. The van der Waals surface area contributed by atoms with E-state index in [0.29, 0.717) is 35.1 Å². The van der Waals surface area contributed by atoms with Gasteiger partial charge in [0.25, 0.3) is 0 Å². The van der Waals surface area contributed by atoms with Crippen molar-refractivity contribution in [2.45, 2.75) is 26.7 Å². The van der Waals surface area contributed by atoms with Crippen LogP contribution in [0.15, 0.2) is 120 Å². The fourth-order valence-corrected chi connectivity index (χ4v) is 4.65. The Bertz CT molecular complexity index is 1300. The lowest BCUT2D eigenvalue weighted by Gasteiger charge is -2.20. The molecule has 0 unspecified atom stereocenters. The number of benzene rings is 4. The average Bonchev–Trinajstić information content (AvgIpc) is 2.92. The predicted octanol–water partition coefficient (Wildman–Crippen LogP) is 7.79. The molecule has 0 radical (unpaired) electrons. The molecule has 3 nitrogen and oxygen atoms in total. The quantitative estimate of drug-likeness (QED) is 0.256. The van der Waals surface area contributed by atoms with Crippen LogP contribution in [0.3, 0.4) is 0 Å². The van der Waals surface area contributed by atoms with Gasteiger partial charge in [-0.2, -0.15) is 0 Å². The lowest BCUT2D eigenvalue weighted by Crippen LogP contribution is -2.12. The van der Waals surface area contributed by atoms with Gasteiger partial charge in [-0.1, -0.05) is 111 Å². The molecule has 4 aromatic rings. The third-order valence-electron chi connectivity index (χ3n) is 6.33. The number of allylic oxidation sites excluding steroid dienone is 2. The monoisotopic (exact) mass is 474 g/mol. The van der Waals surface area contributed by atoms with Crippen molar-refractivity contribution in [2.75, 3.05) is 0 Å². The van der Waals surface area contributed by atoms with Gasteiger partial charge in [0, 0.05) is 22.3 Å². The van der Waals surface area contributed by atoms with E-state index in [0.717, 1.165) is 22.3 Å². The molecule has 0 aliphatic rings. The highest BCUT2D eigenvalue weighted by Gasteiger charge is 2.25. The van der Waals surface area contributed by atoms with Gasteiger partial charge in [0.05, 0.1) is 0 Å². The number of phenols is 2. The standard InChI is InChI=1S/C33H30O3/c1-3-25(31(23-15-7-5-8-16-23)27-19-11-13-21-29(27)34)33(36)26(4-2)32(24-17-9-6-10-18-24)28-20-12-14-22-30(28)35/h5-22,34-35H,3-4H2,1-2H3. The van der Waals surface area contributed by atoms with Crippen LogP contribution in [0.1, 0.15) is 48.9 Å². The summed E-state index contributed by atoms with van der Waals surface area (Å²) in [5.74, 6) is 0.159. The average molecular weight is 475 g/mol. The number of phenolic OH excluding ortho intramolecular Hbond substituents is 2. The molecule has 0 aliphatic heterocycles. The van der Waals surface area contributed by atoms with E-state index in [2.05, 4.69) is 0 Å². The van der Waals surface area contributed by atoms with E-state index in [1.165, 1.54) is 0 Å². The minimum atomic E-state index is -0.0933. The molecular weight excluding hydrogens is 444 g/mol. The van der Waals surface area contributed by atoms with E-state index in [-0.39, 0.29) is 17.3 Å². The fraction of sp³-hybridized carbons (Fsp3) is 0.121. The molecule has 0 saturated carbocycles. The van der Waals surface area contributed by atoms with Crippen LogP contribution in [0.5, 0.6) is 11.5 Å². The van der Waals surface area contributed by atoms with Crippen molar-refractivity contribution in [3.8, 4) is 11.5 Å². The number of para-hydroxylation sites is 2. The van der Waals surface area contributed by atoms with Gasteiger partial charge in [0.1, 0.15) is 11.5 Å². The lowest BCUT2D eigenvalue weighted by atomic mass is 9.83. The van der Waals surface area contributed by atoms with Crippen LogP contribution in [0.25, 0.3) is 11.1 Å². The molecular formula is C33H30O3. The topological polar surface area (TPSA) is 57.5 Å². The number of Topliss-reactive ketones (excluding diaryl/α,β-unsaturated/α-hetero) is 1. The Morgan fingerprint density at radius 1 is 0.528 bits per heavy atom. The zero-order valence-corrected chi connectivity index (χ0v) is 20.6. The number of hydrogen-bond donors (Lipinski definition) is 2. The van der Waals surface area contributed by atoms with Crippen LogP contribution in [-0.2, 0) is 4.79 Å². The summed E-state index contributed by atoms with van der Waals surface area (Å²) in [5, 5.41) is 21.6.